The summed E-state index contributed by atoms with van der Waals surface area (Å²) in [5, 5.41) is 2.88. The molecule has 1 atom stereocenters. The maximum atomic E-state index is 11.8. The first kappa shape index (κ1) is 11.0. The van der Waals surface area contributed by atoms with Gasteiger partial charge in [0.25, 0.3) is 5.91 Å². The topological polar surface area (TPSA) is 64.4 Å². The minimum Gasteiger partial charge on any atom is -0.398 e. The molecule has 0 saturated carbocycles. The van der Waals surface area contributed by atoms with Crippen LogP contribution in [0.15, 0.2) is 24.3 Å². The summed E-state index contributed by atoms with van der Waals surface area (Å²) in [7, 11) is 0. The van der Waals surface area contributed by atoms with E-state index in [1.54, 1.807) is 12.1 Å². The number of carbonyl (C=O) groups excluding carboxylic acids is 1. The van der Waals surface area contributed by atoms with Crippen molar-refractivity contribution in [3.05, 3.63) is 29.8 Å². The maximum absolute atomic E-state index is 11.8. The molecule has 1 aromatic carbocycles. The van der Waals surface area contributed by atoms with Gasteiger partial charge in [-0.25, -0.2) is 0 Å². The van der Waals surface area contributed by atoms with Gasteiger partial charge < -0.3 is 15.8 Å². The predicted molar refractivity (Wildman–Crippen MR) is 62.1 cm³/mol. The molecule has 1 unspecified atom stereocenters. The predicted octanol–water partition coefficient (Wildman–Crippen LogP) is 1.04. The van der Waals surface area contributed by atoms with E-state index in [2.05, 4.69) is 5.32 Å². The third kappa shape index (κ3) is 2.52. The summed E-state index contributed by atoms with van der Waals surface area (Å²) in [6.45, 7) is 2.20. The van der Waals surface area contributed by atoms with Crippen LogP contribution in [0.3, 0.4) is 0 Å². The molecule has 3 N–H and O–H groups in total. The van der Waals surface area contributed by atoms with E-state index in [9.17, 15) is 4.79 Å². The first-order chi connectivity index (χ1) is 7.77. The fourth-order valence-corrected chi connectivity index (χ4v) is 1.78. The van der Waals surface area contributed by atoms with Gasteiger partial charge in [-0.2, -0.15) is 0 Å². The normalized spacial score (nSPS) is 19.6. The molecule has 0 bridgehead atoms. The minimum atomic E-state index is -0.106. The van der Waals surface area contributed by atoms with E-state index in [-0.39, 0.29) is 5.91 Å². The van der Waals surface area contributed by atoms with Gasteiger partial charge in [0.15, 0.2) is 0 Å². The maximum Gasteiger partial charge on any atom is 0.253 e. The summed E-state index contributed by atoms with van der Waals surface area (Å²) in [6.07, 6.45) is 1.02. The summed E-state index contributed by atoms with van der Waals surface area (Å²) in [5.74, 6) is 0.332. The second kappa shape index (κ2) is 4.99. The van der Waals surface area contributed by atoms with Gasteiger partial charge in [0.05, 0.1) is 12.2 Å². The molecular weight excluding hydrogens is 204 g/mol. The molecule has 0 radical (unpaired) electrons. The Labute approximate surface area is 94.8 Å². The van der Waals surface area contributed by atoms with E-state index in [1.165, 1.54) is 0 Å². The van der Waals surface area contributed by atoms with Gasteiger partial charge in [-0.05, 0) is 18.6 Å². The zero-order chi connectivity index (χ0) is 11.4. The lowest BCUT2D eigenvalue weighted by Gasteiger charge is -2.10. The van der Waals surface area contributed by atoms with Gasteiger partial charge in [-0.1, -0.05) is 12.1 Å². The van der Waals surface area contributed by atoms with Crippen molar-refractivity contribution in [3.63, 3.8) is 0 Å². The highest BCUT2D eigenvalue weighted by Crippen LogP contribution is 2.13. The number of para-hydroxylation sites is 1. The fraction of sp³-hybridized carbons (Fsp3) is 0.417. The molecular formula is C12H16N2O2. The zero-order valence-electron chi connectivity index (χ0n) is 9.11. The van der Waals surface area contributed by atoms with Crippen molar-refractivity contribution in [3.8, 4) is 0 Å². The second-order valence-corrected chi connectivity index (χ2v) is 4.03. The largest absolute Gasteiger partial charge is 0.398 e. The number of nitrogens with two attached hydrogens (primary N) is 1. The van der Waals surface area contributed by atoms with Crippen LogP contribution in [-0.4, -0.2) is 25.7 Å². The van der Waals surface area contributed by atoms with E-state index in [0.717, 1.165) is 19.6 Å². The van der Waals surface area contributed by atoms with Crippen molar-refractivity contribution in [2.24, 2.45) is 5.92 Å². The standard InChI is InChI=1S/C12H16N2O2/c13-11-4-2-1-3-10(11)12(15)14-7-9-5-6-16-8-9/h1-4,9H,5-8,13H2,(H,14,15). The highest BCUT2D eigenvalue weighted by atomic mass is 16.5. The number of carbonyl (C=O) groups is 1. The van der Waals surface area contributed by atoms with Crippen LogP contribution >= 0.6 is 0 Å². The van der Waals surface area contributed by atoms with E-state index in [4.69, 9.17) is 10.5 Å². The molecule has 1 aliphatic heterocycles. The molecule has 1 aromatic rings. The number of hydrogen-bond acceptors (Lipinski definition) is 3. The SMILES string of the molecule is Nc1ccccc1C(=O)NCC1CCOC1. The Balaban J connectivity index is 1.90. The Bertz CT molecular complexity index is 373. The molecule has 1 amide bonds. The molecule has 1 fully saturated rings. The summed E-state index contributed by atoms with van der Waals surface area (Å²) in [6, 6.07) is 7.09. The van der Waals surface area contributed by atoms with Crippen LogP contribution < -0.4 is 11.1 Å². The number of anilines is 1. The Morgan fingerprint density at radius 1 is 1.50 bits per heavy atom. The number of nitrogen functional groups attached to an aromatic ring is 1. The Kier molecular flexibility index (Phi) is 3.41. The van der Waals surface area contributed by atoms with Crippen LogP contribution in [0.4, 0.5) is 5.69 Å². The summed E-state index contributed by atoms with van der Waals surface area (Å²) in [5.41, 5.74) is 6.78. The van der Waals surface area contributed by atoms with Gasteiger partial charge in [0.1, 0.15) is 0 Å². The lowest BCUT2D eigenvalue weighted by Crippen LogP contribution is -2.30. The molecule has 1 heterocycles. The van der Waals surface area contributed by atoms with Crippen LogP contribution in [0.2, 0.25) is 0 Å². The molecule has 4 nitrogen and oxygen atoms in total. The highest BCUT2D eigenvalue weighted by molar-refractivity contribution is 5.99. The third-order valence-corrected chi connectivity index (χ3v) is 2.78. The summed E-state index contributed by atoms with van der Waals surface area (Å²) >= 11 is 0. The Morgan fingerprint density at radius 2 is 2.31 bits per heavy atom. The van der Waals surface area contributed by atoms with Crippen LogP contribution in [0, 0.1) is 5.92 Å². The number of nitrogens with one attached hydrogen (secondary N) is 1. The van der Waals surface area contributed by atoms with E-state index in [1.807, 2.05) is 12.1 Å². The summed E-state index contributed by atoms with van der Waals surface area (Å²) in [4.78, 5) is 11.8. The highest BCUT2D eigenvalue weighted by Gasteiger charge is 2.17. The van der Waals surface area contributed by atoms with Crippen molar-refractivity contribution in [1.29, 1.82) is 0 Å². The van der Waals surface area contributed by atoms with Crippen LogP contribution in [0.5, 0.6) is 0 Å². The van der Waals surface area contributed by atoms with Gasteiger partial charge in [-0.3, -0.25) is 4.79 Å². The van der Waals surface area contributed by atoms with Crippen LogP contribution in [-0.2, 0) is 4.74 Å². The van der Waals surface area contributed by atoms with E-state index >= 15 is 0 Å². The molecule has 0 spiro atoms. The lowest BCUT2D eigenvalue weighted by molar-refractivity contribution is 0.0946. The molecule has 4 heteroatoms. The van der Waals surface area contributed by atoms with E-state index < -0.39 is 0 Å². The van der Waals surface area contributed by atoms with Crippen molar-refractivity contribution in [2.75, 3.05) is 25.5 Å². The lowest BCUT2D eigenvalue weighted by atomic mass is 10.1. The van der Waals surface area contributed by atoms with Crippen LogP contribution in [0.25, 0.3) is 0 Å². The van der Waals surface area contributed by atoms with Crippen molar-refractivity contribution in [2.45, 2.75) is 6.42 Å². The van der Waals surface area contributed by atoms with Crippen molar-refractivity contribution in [1.82, 2.24) is 5.32 Å². The Hall–Kier alpha value is -1.55. The molecule has 16 heavy (non-hydrogen) atoms. The molecule has 0 aromatic heterocycles. The second-order valence-electron chi connectivity index (χ2n) is 4.03. The van der Waals surface area contributed by atoms with Crippen molar-refractivity contribution >= 4 is 11.6 Å². The monoisotopic (exact) mass is 220 g/mol. The first-order valence-corrected chi connectivity index (χ1v) is 5.48. The third-order valence-electron chi connectivity index (χ3n) is 2.78. The summed E-state index contributed by atoms with van der Waals surface area (Å²) < 4.78 is 5.24. The van der Waals surface area contributed by atoms with Gasteiger partial charge in [-0.15, -0.1) is 0 Å². The quantitative estimate of drug-likeness (QED) is 0.748. The molecule has 0 aliphatic carbocycles. The molecule has 2 rings (SSSR count). The van der Waals surface area contributed by atoms with E-state index in [0.29, 0.717) is 23.7 Å². The first-order valence-electron chi connectivity index (χ1n) is 5.48. The van der Waals surface area contributed by atoms with Crippen LogP contribution in [0.1, 0.15) is 16.8 Å². The van der Waals surface area contributed by atoms with Gasteiger partial charge in [0.2, 0.25) is 0 Å². The van der Waals surface area contributed by atoms with Gasteiger partial charge in [0, 0.05) is 24.8 Å². The average Bonchev–Trinajstić information content (AvgIpc) is 2.79. The zero-order valence-corrected chi connectivity index (χ0v) is 9.11. The number of rotatable bonds is 3. The smallest absolute Gasteiger partial charge is 0.253 e. The number of amides is 1. The number of hydrogen-bond donors (Lipinski definition) is 2. The number of benzene rings is 1. The van der Waals surface area contributed by atoms with Gasteiger partial charge >= 0.3 is 0 Å². The molecule has 86 valence electrons. The van der Waals surface area contributed by atoms with Crippen molar-refractivity contribution < 1.29 is 9.53 Å². The number of ether oxygens (including phenoxy) is 1. The minimum absolute atomic E-state index is 0.106. The molecule has 1 aliphatic rings. The Morgan fingerprint density at radius 3 is 3.00 bits per heavy atom. The fourth-order valence-electron chi connectivity index (χ4n) is 1.78. The average molecular weight is 220 g/mol. The molecule has 1 saturated heterocycles.